The second-order valence-corrected chi connectivity index (χ2v) is 11.8. The van der Waals surface area contributed by atoms with Crippen LogP contribution >= 0.6 is 0 Å². The summed E-state index contributed by atoms with van der Waals surface area (Å²) in [5.74, 6) is 0.362. The number of benzene rings is 5. The lowest BCUT2D eigenvalue weighted by atomic mass is 10.1. The van der Waals surface area contributed by atoms with E-state index in [0.29, 0.717) is 42.4 Å². The van der Waals surface area contributed by atoms with Crippen molar-refractivity contribution in [1.82, 2.24) is 0 Å². The van der Waals surface area contributed by atoms with E-state index >= 15 is 0 Å². The van der Waals surface area contributed by atoms with Crippen LogP contribution in [0.3, 0.4) is 0 Å². The number of nitrogens with one attached hydrogen (secondary N) is 1. The van der Waals surface area contributed by atoms with Gasteiger partial charge >= 0.3 is 11.9 Å². The maximum absolute atomic E-state index is 12.8. The van der Waals surface area contributed by atoms with Crippen molar-refractivity contribution < 1.29 is 23.8 Å². The van der Waals surface area contributed by atoms with Gasteiger partial charge in [-0.25, -0.2) is 9.59 Å². The van der Waals surface area contributed by atoms with Gasteiger partial charge in [-0.2, -0.15) is 15.3 Å². The zero-order chi connectivity index (χ0) is 35.8. The van der Waals surface area contributed by atoms with Gasteiger partial charge in [0.1, 0.15) is 11.5 Å². The molecule has 0 fully saturated rings. The van der Waals surface area contributed by atoms with E-state index in [-0.39, 0.29) is 5.97 Å². The summed E-state index contributed by atoms with van der Waals surface area (Å²) in [5, 5.41) is 22.3. The average Bonchev–Trinajstić information content (AvgIpc) is 3.15. The molecule has 1 N–H and O–H groups in total. The Labute approximate surface area is 297 Å². The van der Waals surface area contributed by atoms with E-state index in [9.17, 15) is 9.59 Å². The lowest BCUT2D eigenvalue weighted by Crippen LogP contribution is -2.08. The first-order valence-corrected chi connectivity index (χ1v) is 16.8. The molecule has 10 heteroatoms. The van der Waals surface area contributed by atoms with E-state index in [1.807, 2.05) is 66.7 Å². The maximum Gasteiger partial charge on any atom is 0.343 e. The molecule has 5 aromatic carbocycles. The van der Waals surface area contributed by atoms with Gasteiger partial charge < -0.3 is 19.5 Å². The predicted octanol–water partition coefficient (Wildman–Crippen LogP) is 10.9. The van der Waals surface area contributed by atoms with Gasteiger partial charge in [0, 0.05) is 35.6 Å². The summed E-state index contributed by atoms with van der Waals surface area (Å²) < 4.78 is 16.5. The molecule has 0 saturated carbocycles. The molecule has 51 heavy (non-hydrogen) atoms. The first-order valence-electron chi connectivity index (χ1n) is 16.8. The zero-order valence-electron chi connectivity index (χ0n) is 28.9. The van der Waals surface area contributed by atoms with Crippen LogP contribution < -0.4 is 14.8 Å². The van der Waals surface area contributed by atoms with Crippen molar-refractivity contribution in [2.24, 2.45) is 20.5 Å². The van der Waals surface area contributed by atoms with E-state index in [4.69, 9.17) is 14.2 Å². The summed E-state index contributed by atoms with van der Waals surface area (Å²) >= 11 is 0. The van der Waals surface area contributed by atoms with Crippen LogP contribution in [0.2, 0.25) is 0 Å². The number of azo groups is 2. The van der Waals surface area contributed by atoms with Gasteiger partial charge in [-0.05, 0) is 111 Å². The molecule has 0 atom stereocenters. The molecule has 0 unspecified atom stereocenters. The molecule has 0 aromatic heterocycles. The Hall–Kier alpha value is -6.16. The lowest BCUT2D eigenvalue weighted by Gasteiger charge is -2.12. The molecule has 0 bridgehead atoms. The quantitative estimate of drug-likeness (QED) is 0.0342. The number of hydrogen-bond donors (Lipinski definition) is 1. The summed E-state index contributed by atoms with van der Waals surface area (Å²) in [4.78, 5) is 24.2. The van der Waals surface area contributed by atoms with Crippen LogP contribution in [0.4, 0.5) is 22.7 Å². The van der Waals surface area contributed by atoms with Gasteiger partial charge in [0.05, 0.1) is 35.8 Å². The molecular weight excluding hydrogens is 642 g/mol. The molecule has 0 aliphatic rings. The fourth-order valence-electron chi connectivity index (χ4n) is 5.10. The fraction of sp³-hybridized carbons (Fsp3) is 0.220. The number of esters is 2. The number of unbranched alkanes of at least 4 members (excludes halogenated alkanes) is 3. The highest BCUT2D eigenvalue weighted by molar-refractivity contribution is 6.00. The minimum absolute atomic E-state index is 0.346. The SMILES string of the molecule is C=C(C)C(=O)OCCCCCCOc1ccc(C(=O)Oc2ccc(CNc3ccc(N=Nc4ccc(N=NC)cc4)c4ccccc34)cc2)cc1. The van der Waals surface area contributed by atoms with Crippen LogP contribution in [-0.2, 0) is 16.1 Å². The molecule has 0 amide bonds. The number of carbonyl (C=O) groups excluding carboxylic acids is 2. The molecule has 0 heterocycles. The number of carbonyl (C=O) groups is 2. The third kappa shape index (κ3) is 10.9. The minimum atomic E-state index is -0.441. The lowest BCUT2D eigenvalue weighted by molar-refractivity contribution is -0.139. The van der Waals surface area contributed by atoms with Gasteiger partial charge in [-0.1, -0.05) is 43.0 Å². The molecule has 0 aliphatic heterocycles. The Morgan fingerprint density at radius 3 is 2.02 bits per heavy atom. The van der Waals surface area contributed by atoms with Crippen molar-refractivity contribution in [1.29, 1.82) is 0 Å². The van der Waals surface area contributed by atoms with Crippen molar-refractivity contribution in [2.75, 3.05) is 25.6 Å². The Morgan fingerprint density at radius 2 is 1.33 bits per heavy atom. The van der Waals surface area contributed by atoms with Crippen LogP contribution in [0.25, 0.3) is 10.8 Å². The Balaban J connectivity index is 1.07. The van der Waals surface area contributed by atoms with Crippen LogP contribution in [0.5, 0.6) is 11.5 Å². The van der Waals surface area contributed by atoms with Gasteiger partial charge in [-0.15, -0.1) is 5.11 Å². The molecule has 0 aliphatic carbocycles. The summed E-state index contributed by atoms with van der Waals surface area (Å²) in [6.07, 6.45) is 3.60. The van der Waals surface area contributed by atoms with Crippen molar-refractivity contribution >= 4 is 45.5 Å². The number of ether oxygens (including phenoxy) is 3. The summed E-state index contributed by atoms with van der Waals surface area (Å²) in [6, 6.07) is 33.8. The minimum Gasteiger partial charge on any atom is -0.494 e. The van der Waals surface area contributed by atoms with Gasteiger partial charge in [0.25, 0.3) is 0 Å². The highest BCUT2D eigenvalue weighted by Crippen LogP contribution is 2.33. The van der Waals surface area contributed by atoms with E-state index in [1.165, 1.54) is 0 Å². The second-order valence-electron chi connectivity index (χ2n) is 11.8. The molecule has 0 radical (unpaired) electrons. The molecule has 0 saturated heterocycles. The van der Waals surface area contributed by atoms with E-state index in [1.54, 1.807) is 50.4 Å². The number of fused-ring (bicyclic) bond motifs is 1. The first-order chi connectivity index (χ1) is 24.9. The molecule has 0 spiro atoms. The molecule has 5 aromatic rings. The van der Waals surface area contributed by atoms with Crippen LogP contribution in [0.15, 0.2) is 142 Å². The van der Waals surface area contributed by atoms with Crippen molar-refractivity contribution in [3.05, 3.63) is 132 Å². The number of nitrogens with zero attached hydrogens (tertiary/aromatic N) is 4. The van der Waals surface area contributed by atoms with Gasteiger partial charge in [0.15, 0.2) is 0 Å². The van der Waals surface area contributed by atoms with Crippen LogP contribution in [-0.4, -0.2) is 32.2 Å². The van der Waals surface area contributed by atoms with Crippen LogP contribution in [0.1, 0.15) is 48.5 Å². The standard InChI is InChI=1S/C41H41N5O5/c1-29(2)40(47)50-27-9-5-4-8-26-49-34-22-14-31(15-23-34)41(48)51-35-20-12-30(13-21-35)28-43-38-24-25-39(37-11-7-6-10-36(37)38)46-45-33-18-16-32(17-19-33)44-42-3/h6-7,10-25,43H,1,4-5,8-9,26-28H2,2-3H3. The van der Waals surface area contributed by atoms with Crippen molar-refractivity contribution in [3.63, 3.8) is 0 Å². The summed E-state index contributed by atoms with van der Waals surface area (Å²) in [6.45, 7) is 6.75. The topological polar surface area (TPSA) is 123 Å². The molecule has 5 rings (SSSR count). The number of rotatable bonds is 17. The molecular formula is C41H41N5O5. The van der Waals surface area contributed by atoms with E-state index < -0.39 is 5.97 Å². The second kappa shape index (κ2) is 18.6. The molecule has 260 valence electrons. The Bertz CT molecular complexity index is 1990. The number of hydrogen-bond acceptors (Lipinski definition) is 10. The van der Waals surface area contributed by atoms with Gasteiger partial charge in [0.2, 0.25) is 0 Å². The Kier molecular flexibility index (Phi) is 13.1. The van der Waals surface area contributed by atoms with Crippen LogP contribution in [0, 0.1) is 0 Å². The highest BCUT2D eigenvalue weighted by Gasteiger charge is 2.10. The van der Waals surface area contributed by atoms with E-state index in [2.05, 4.69) is 38.4 Å². The average molecular weight is 684 g/mol. The van der Waals surface area contributed by atoms with Crippen molar-refractivity contribution in [3.8, 4) is 11.5 Å². The summed E-state index contributed by atoms with van der Waals surface area (Å²) in [7, 11) is 1.63. The Morgan fingerprint density at radius 1 is 0.686 bits per heavy atom. The summed E-state index contributed by atoms with van der Waals surface area (Å²) in [5.41, 5.74) is 5.11. The van der Waals surface area contributed by atoms with Gasteiger partial charge in [-0.3, -0.25) is 0 Å². The number of anilines is 1. The zero-order valence-corrected chi connectivity index (χ0v) is 28.9. The fourth-order valence-corrected chi connectivity index (χ4v) is 5.10. The van der Waals surface area contributed by atoms with Crippen molar-refractivity contribution in [2.45, 2.75) is 39.2 Å². The smallest absolute Gasteiger partial charge is 0.343 e. The maximum atomic E-state index is 12.8. The third-order valence-electron chi connectivity index (χ3n) is 7.84. The highest BCUT2D eigenvalue weighted by atomic mass is 16.5. The molecule has 10 nitrogen and oxygen atoms in total. The van der Waals surface area contributed by atoms with E-state index in [0.717, 1.165) is 64.8 Å². The predicted molar refractivity (Wildman–Crippen MR) is 200 cm³/mol. The first kappa shape index (κ1) is 36.1. The monoisotopic (exact) mass is 683 g/mol. The third-order valence-corrected chi connectivity index (χ3v) is 7.84. The largest absolute Gasteiger partial charge is 0.494 e. The normalized spacial score (nSPS) is 11.2.